The average Bonchev–Trinajstić information content (AvgIpc) is 3.36. The highest BCUT2D eigenvalue weighted by Crippen LogP contribution is 2.33. The van der Waals surface area contributed by atoms with E-state index in [2.05, 4.69) is 31.2 Å². The molecule has 0 aliphatic carbocycles. The molecule has 0 spiro atoms. The molecule has 7 nitrogen and oxygen atoms in total. The van der Waals surface area contributed by atoms with E-state index in [9.17, 15) is 4.79 Å². The van der Waals surface area contributed by atoms with Crippen molar-refractivity contribution in [3.63, 3.8) is 0 Å². The predicted molar refractivity (Wildman–Crippen MR) is 121 cm³/mol. The van der Waals surface area contributed by atoms with E-state index in [0.29, 0.717) is 26.3 Å². The van der Waals surface area contributed by atoms with Gasteiger partial charge in [-0.05, 0) is 48.7 Å². The van der Waals surface area contributed by atoms with Gasteiger partial charge in [0.15, 0.2) is 0 Å². The van der Waals surface area contributed by atoms with Gasteiger partial charge in [0, 0.05) is 50.2 Å². The Morgan fingerprint density at radius 3 is 2.58 bits per heavy atom. The van der Waals surface area contributed by atoms with Gasteiger partial charge in [-0.15, -0.1) is 0 Å². The second kappa shape index (κ2) is 8.99. The van der Waals surface area contributed by atoms with Crippen molar-refractivity contribution in [2.75, 3.05) is 49.6 Å². The summed E-state index contributed by atoms with van der Waals surface area (Å²) < 4.78 is 5.50. The van der Waals surface area contributed by atoms with E-state index in [0.717, 1.165) is 40.9 Å². The molecule has 2 saturated heterocycles. The number of anilines is 2. The van der Waals surface area contributed by atoms with Crippen LogP contribution in [-0.2, 0) is 9.53 Å². The molecule has 0 radical (unpaired) electrons. The Hall–Kier alpha value is -3.03. The third kappa shape index (κ3) is 4.11. The molecule has 7 heteroatoms. The molecule has 2 aliphatic rings. The molecule has 1 aromatic carbocycles. The molecule has 1 atom stereocenters. The normalized spacial score (nSPS) is 18.3. The first-order valence-electron chi connectivity index (χ1n) is 11.0. The van der Waals surface area contributed by atoms with Crippen LogP contribution in [0.3, 0.4) is 0 Å². The highest BCUT2D eigenvalue weighted by molar-refractivity contribution is 6.06. The minimum Gasteiger partial charge on any atom is -0.379 e. The van der Waals surface area contributed by atoms with Gasteiger partial charge in [-0.1, -0.05) is 6.07 Å². The van der Waals surface area contributed by atoms with Crippen LogP contribution in [0.2, 0.25) is 0 Å². The van der Waals surface area contributed by atoms with Gasteiger partial charge in [0.05, 0.1) is 30.1 Å². The van der Waals surface area contributed by atoms with E-state index in [4.69, 9.17) is 4.74 Å². The number of pyridine rings is 2. The van der Waals surface area contributed by atoms with Gasteiger partial charge in [-0.25, -0.2) is 0 Å². The number of hydrogen-bond acceptors (Lipinski definition) is 6. The van der Waals surface area contributed by atoms with Gasteiger partial charge >= 0.3 is 0 Å². The van der Waals surface area contributed by atoms with Crippen LogP contribution in [0.1, 0.15) is 24.4 Å². The SMILES string of the molecule is O=C(Nc1ccc(N2CCCC2)c2ncccc12)C(c1cccnc1)N1CCOCC1. The van der Waals surface area contributed by atoms with E-state index >= 15 is 0 Å². The van der Waals surface area contributed by atoms with Crippen molar-refractivity contribution < 1.29 is 9.53 Å². The van der Waals surface area contributed by atoms with E-state index < -0.39 is 6.04 Å². The van der Waals surface area contributed by atoms with E-state index in [1.807, 2.05) is 36.5 Å². The van der Waals surface area contributed by atoms with Gasteiger partial charge in [0.25, 0.3) is 0 Å². The Bertz CT molecular complexity index is 1050. The Morgan fingerprint density at radius 1 is 1.00 bits per heavy atom. The van der Waals surface area contributed by atoms with Crippen LogP contribution >= 0.6 is 0 Å². The first-order valence-corrected chi connectivity index (χ1v) is 11.0. The van der Waals surface area contributed by atoms with Crippen LogP contribution in [-0.4, -0.2) is 60.2 Å². The number of benzene rings is 1. The van der Waals surface area contributed by atoms with Gasteiger partial charge in [-0.3, -0.25) is 19.7 Å². The minimum absolute atomic E-state index is 0.0611. The Kier molecular flexibility index (Phi) is 5.78. The van der Waals surface area contributed by atoms with Crippen LogP contribution < -0.4 is 10.2 Å². The lowest BCUT2D eigenvalue weighted by Crippen LogP contribution is -2.44. The molecule has 3 aromatic rings. The summed E-state index contributed by atoms with van der Waals surface area (Å²) in [5.74, 6) is -0.0611. The Morgan fingerprint density at radius 2 is 1.81 bits per heavy atom. The summed E-state index contributed by atoms with van der Waals surface area (Å²) in [4.78, 5) is 27.0. The third-order valence-electron chi connectivity index (χ3n) is 6.11. The van der Waals surface area contributed by atoms with Crippen molar-refractivity contribution in [3.8, 4) is 0 Å². The quantitative estimate of drug-likeness (QED) is 0.687. The van der Waals surface area contributed by atoms with Crippen molar-refractivity contribution in [1.82, 2.24) is 14.9 Å². The highest BCUT2D eigenvalue weighted by atomic mass is 16.5. The van der Waals surface area contributed by atoms with Crippen molar-refractivity contribution in [1.29, 1.82) is 0 Å². The molecule has 1 N–H and O–H groups in total. The summed E-state index contributed by atoms with van der Waals surface area (Å²) in [6.07, 6.45) is 7.74. The number of carbonyl (C=O) groups is 1. The summed E-state index contributed by atoms with van der Waals surface area (Å²) in [5.41, 5.74) is 3.76. The molecule has 0 saturated carbocycles. The van der Waals surface area contributed by atoms with E-state index in [1.165, 1.54) is 12.8 Å². The average molecular weight is 418 g/mol. The number of nitrogens with zero attached hydrogens (tertiary/aromatic N) is 4. The molecule has 0 bridgehead atoms. The zero-order valence-corrected chi connectivity index (χ0v) is 17.5. The molecule has 1 unspecified atom stereocenters. The number of aromatic nitrogens is 2. The lowest BCUT2D eigenvalue weighted by atomic mass is 10.0. The largest absolute Gasteiger partial charge is 0.379 e. The second-order valence-corrected chi connectivity index (χ2v) is 8.05. The monoisotopic (exact) mass is 417 g/mol. The number of rotatable bonds is 5. The molecule has 4 heterocycles. The number of ether oxygens (including phenoxy) is 1. The van der Waals surface area contributed by atoms with Gasteiger partial charge < -0.3 is 15.0 Å². The molecular formula is C24H27N5O2. The number of hydrogen-bond donors (Lipinski definition) is 1. The van der Waals surface area contributed by atoms with Crippen LogP contribution in [0, 0.1) is 0 Å². The maximum absolute atomic E-state index is 13.5. The van der Waals surface area contributed by atoms with E-state index in [1.54, 1.807) is 12.4 Å². The lowest BCUT2D eigenvalue weighted by Gasteiger charge is -2.33. The first-order chi connectivity index (χ1) is 15.3. The fourth-order valence-corrected chi connectivity index (χ4v) is 4.58. The number of amides is 1. The fourth-order valence-electron chi connectivity index (χ4n) is 4.58. The molecule has 2 aromatic heterocycles. The van der Waals surface area contributed by atoms with Crippen LogP contribution in [0.15, 0.2) is 55.0 Å². The summed E-state index contributed by atoms with van der Waals surface area (Å²) in [7, 11) is 0. The molecule has 2 fully saturated rings. The first kappa shape index (κ1) is 19.9. The van der Waals surface area contributed by atoms with E-state index in [-0.39, 0.29) is 5.91 Å². The fraction of sp³-hybridized carbons (Fsp3) is 0.375. The number of nitrogens with one attached hydrogen (secondary N) is 1. The van der Waals surface area contributed by atoms with Crippen molar-refractivity contribution in [3.05, 3.63) is 60.6 Å². The zero-order valence-electron chi connectivity index (χ0n) is 17.5. The minimum atomic E-state index is -0.414. The Balaban J connectivity index is 1.47. The number of carbonyl (C=O) groups excluding carboxylic acids is 1. The molecular weight excluding hydrogens is 390 g/mol. The second-order valence-electron chi connectivity index (χ2n) is 8.05. The molecule has 1 amide bonds. The van der Waals surface area contributed by atoms with Crippen molar-refractivity contribution in [2.45, 2.75) is 18.9 Å². The predicted octanol–water partition coefficient (Wildman–Crippen LogP) is 3.24. The Labute approximate surface area is 182 Å². The molecule has 160 valence electrons. The number of morpholine rings is 1. The standard InChI is InChI=1S/C24H27N5O2/c30-24(23(18-5-3-9-25-17-18)29-13-15-31-16-14-29)27-20-7-8-21(28-11-1-2-12-28)22-19(20)6-4-10-26-22/h3-10,17,23H,1-2,11-16H2,(H,27,30). The van der Waals surface area contributed by atoms with Crippen LogP contribution in [0.4, 0.5) is 11.4 Å². The van der Waals surface area contributed by atoms with Gasteiger partial charge in [-0.2, -0.15) is 0 Å². The van der Waals surface area contributed by atoms with Crippen LogP contribution in [0.25, 0.3) is 10.9 Å². The topological polar surface area (TPSA) is 70.6 Å². The summed E-state index contributed by atoms with van der Waals surface area (Å²) in [6.45, 7) is 4.78. The summed E-state index contributed by atoms with van der Waals surface area (Å²) in [5, 5.41) is 4.16. The molecule has 5 rings (SSSR count). The van der Waals surface area contributed by atoms with Crippen molar-refractivity contribution in [2.24, 2.45) is 0 Å². The van der Waals surface area contributed by atoms with Crippen molar-refractivity contribution >= 4 is 28.2 Å². The van der Waals surface area contributed by atoms with Gasteiger partial charge in [0.1, 0.15) is 6.04 Å². The third-order valence-corrected chi connectivity index (χ3v) is 6.11. The van der Waals surface area contributed by atoms with Gasteiger partial charge in [0.2, 0.25) is 5.91 Å². The summed E-state index contributed by atoms with van der Waals surface area (Å²) >= 11 is 0. The molecule has 31 heavy (non-hydrogen) atoms. The summed E-state index contributed by atoms with van der Waals surface area (Å²) in [6, 6.07) is 11.5. The zero-order chi connectivity index (χ0) is 21.0. The maximum Gasteiger partial charge on any atom is 0.246 e. The highest BCUT2D eigenvalue weighted by Gasteiger charge is 2.30. The number of fused-ring (bicyclic) bond motifs is 1. The van der Waals surface area contributed by atoms with Crippen LogP contribution in [0.5, 0.6) is 0 Å². The maximum atomic E-state index is 13.5. The smallest absolute Gasteiger partial charge is 0.246 e. The lowest BCUT2D eigenvalue weighted by molar-refractivity contribution is -0.123. The molecule has 2 aliphatic heterocycles.